The lowest BCUT2D eigenvalue weighted by atomic mass is 10.0. The van der Waals surface area contributed by atoms with Crippen LogP contribution in [0.3, 0.4) is 0 Å². The zero-order chi connectivity index (χ0) is 13.1. The van der Waals surface area contributed by atoms with E-state index < -0.39 is 5.97 Å². The van der Waals surface area contributed by atoms with E-state index in [-0.39, 0.29) is 24.4 Å². The molecule has 18 heavy (non-hydrogen) atoms. The monoisotopic (exact) mass is 255 g/mol. The van der Waals surface area contributed by atoms with Gasteiger partial charge in [-0.1, -0.05) is 0 Å². The molecule has 1 aromatic heterocycles. The Kier molecular flexibility index (Phi) is 3.98. The van der Waals surface area contributed by atoms with Gasteiger partial charge in [-0.15, -0.1) is 0 Å². The highest BCUT2D eigenvalue weighted by Gasteiger charge is 2.32. The van der Waals surface area contributed by atoms with Gasteiger partial charge in [0.1, 0.15) is 5.69 Å². The molecule has 1 aliphatic heterocycles. The smallest absolute Gasteiger partial charge is 0.376 e. The van der Waals surface area contributed by atoms with E-state index in [1.807, 2.05) is 6.92 Å². The van der Waals surface area contributed by atoms with Crippen molar-refractivity contribution < 1.29 is 23.4 Å². The van der Waals surface area contributed by atoms with Crippen LogP contribution in [0.1, 0.15) is 41.4 Å². The van der Waals surface area contributed by atoms with Gasteiger partial charge >= 0.3 is 5.97 Å². The number of carbonyl (C=O) groups excluding carboxylic acids is 1. The van der Waals surface area contributed by atoms with Crippen LogP contribution in [-0.2, 0) is 20.8 Å². The largest absolute Gasteiger partial charge is 0.463 e. The van der Waals surface area contributed by atoms with Gasteiger partial charge in [0, 0.05) is 13.7 Å². The highest BCUT2D eigenvalue weighted by molar-refractivity contribution is 5.87. The molecule has 2 atom stereocenters. The van der Waals surface area contributed by atoms with Crippen LogP contribution in [0.2, 0.25) is 0 Å². The maximum absolute atomic E-state index is 11.6. The van der Waals surface area contributed by atoms with E-state index in [0.29, 0.717) is 18.2 Å². The Morgan fingerprint density at radius 1 is 1.50 bits per heavy atom. The molecule has 0 N–H and O–H groups in total. The van der Waals surface area contributed by atoms with Gasteiger partial charge in [0.15, 0.2) is 0 Å². The molecule has 100 valence electrons. The van der Waals surface area contributed by atoms with Crippen molar-refractivity contribution in [1.29, 1.82) is 0 Å². The van der Waals surface area contributed by atoms with Crippen LogP contribution >= 0.6 is 0 Å². The summed E-state index contributed by atoms with van der Waals surface area (Å²) in [6, 6.07) is 0. The minimum atomic E-state index is -0.535. The molecule has 0 bridgehead atoms. The van der Waals surface area contributed by atoms with E-state index in [9.17, 15) is 4.79 Å². The molecule has 6 heteroatoms. The van der Waals surface area contributed by atoms with Crippen molar-refractivity contribution in [2.45, 2.75) is 32.0 Å². The summed E-state index contributed by atoms with van der Waals surface area (Å²) in [5.74, 6) is 0.187. The normalized spacial score (nSPS) is 23.3. The van der Waals surface area contributed by atoms with E-state index in [1.54, 1.807) is 0 Å². The van der Waals surface area contributed by atoms with Crippen molar-refractivity contribution in [2.24, 2.45) is 0 Å². The van der Waals surface area contributed by atoms with Crippen LogP contribution in [0.5, 0.6) is 0 Å². The van der Waals surface area contributed by atoms with Gasteiger partial charge in [-0.2, -0.15) is 0 Å². The number of methoxy groups -OCH3 is 2. The molecular formula is C12H17NO5. The number of carbonyl (C=O) groups is 1. The number of aromatic nitrogens is 1. The molecule has 1 fully saturated rings. The summed E-state index contributed by atoms with van der Waals surface area (Å²) in [7, 11) is 2.85. The van der Waals surface area contributed by atoms with Gasteiger partial charge in [-0.3, -0.25) is 0 Å². The SMILES string of the molecule is COCc1nc(C2CCOC2C)oc1C(=O)OC. The average molecular weight is 255 g/mol. The van der Waals surface area contributed by atoms with Crippen LogP contribution in [0, 0.1) is 0 Å². The third-order valence-electron chi connectivity index (χ3n) is 3.06. The maximum Gasteiger partial charge on any atom is 0.376 e. The molecular weight excluding hydrogens is 238 g/mol. The van der Waals surface area contributed by atoms with E-state index in [1.165, 1.54) is 14.2 Å². The van der Waals surface area contributed by atoms with Crippen LogP contribution in [0.25, 0.3) is 0 Å². The quantitative estimate of drug-likeness (QED) is 0.759. The minimum absolute atomic E-state index is 0.0459. The standard InChI is InChI=1S/C12H17NO5/c1-7-8(4-5-17-7)11-13-9(6-15-2)10(18-11)12(14)16-3/h7-8H,4-6H2,1-3H3. The van der Waals surface area contributed by atoms with Crippen molar-refractivity contribution >= 4 is 5.97 Å². The summed E-state index contributed by atoms with van der Waals surface area (Å²) in [5.41, 5.74) is 0.471. The first-order valence-corrected chi connectivity index (χ1v) is 5.85. The Balaban J connectivity index is 2.29. The van der Waals surface area contributed by atoms with Crippen LogP contribution in [0.15, 0.2) is 4.42 Å². The number of hydrogen-bond acceptors (Lipinski definition) is 6. The number of oxazole rings is 1. The average Bonchev–Trinajstić information content (AvgIpc) is 2.95. The first kappa shape index (κ1) is 13.0. The molecule has 0 aromatic carbocycles. The van der Waals surface area contributed by atoms with Gasteiger partial charge < -0.3 is 18.6 Å². The van der Waals surface area contributed by atoms with E-state index in [4.69, 9.17) is 13.9 Å². The summed E-state index contributed by atoms with van der Waals surface area (Å²) >= 11 is 0. The van der Waals surface area contributed by atoms with Gasteiger partial charge in [0.05, 0.1) is 25.7 Å². The fourth-order valence-electron chi connectivity index (χ4n) is 2.07. The van der Waals surface area contributed by atoms with Crippen LogP contribution in [-0.4, -0.2) is 37.9 Å². The summed E-state index contributed by atoms with van der Waals surface area (Å²) in [6.07, 6.45) is 0.888. The molecule has 0 amide bonds. The van der Waals surface area contributed by atoms with E-state index in [0.717, 1.165) is 6.42 Å². The molecule has 0 spiro atoms. The topological polar surface area (TPSA) is 70.8 Å². The lowest BCUT2D eigenvalue weighted by Gasteiger charge is -2.08. The number of rotatable bonds is 4. The lowest BCUT2D eigenvalue weighted by Crippen LogP contribution is -2.09. The van der Waals surface area contributed by atoms with E-state index >= 15 is 0 Å². The number of hydrogen-bond donors (Lipinski definition) is 0. The fraction of sp³-hybridized carbons (Fsp3) is 0.667. The number of ether oxygens (including phenoxy) is 3. The molecule has 2 unspecified atom stereocenters. The zero-order valence-corrected chi connectivity index (χ0v) is 10.8. The third-order valence-corrected chi connectivity index (χ3v) is 3.06. The lowest BCUT2D eigenvalue weighted by molar-refractivity contribution is 0.0553. The highest BCUT2D eigenvalue weighted by Crippen LogP contribution is 2.31. The van der Waals surface area contributed by atoms with Crippen molar-refractivity contribution in [3.05, 3.63) is 17.3 Å². The number of nitrogens with zero attached hydrogens (tertiary/aromatic N) is 1. The summed E-state index contributed by atoms with van der Waals surface area (Å²) < 4.78 is 20.7. The first-order valence-electron chi connectivity index (χ1n) is 5.85. The van der Waals surface area contributed by atoms with Crippen LogP contribution in [0.4, 0.5) is 0 Å². The third kappa shape index (κ3) is 2.39. The molecule has 0 aliphatic carbocycles. The minimum Gasteiger partial charge on any atom is -0.463 e. The Morgan fingerprint density at radius 3 is 2.83 bits per heavy atom. The Hall–Kier alpha value is -1.40. The van der Waals surface area contributed by atoms with Crippen molar-refractivity contribution in [1.82, 2.24) is 4.98 Å². The van der Waals surface area contributed by atoms with Gasteiger partial charge in [-0.05, 0) is 13.3 Å². The molecule has 0 saturated carbocycles. The van der Waals surface area contributed by atoms with Crippen molar-refractivity contribution in [2.75, 3.05) is 20.8 Å². The summed E-state index contributed by atoms with van der Waals surface area (Å²) in [6.45, 7) is 2.87. The molecule has 2 rings (SSSR count). The fourth-order valence-corrected chi connectivity index (χ4v) is 2.07. The zero-order valence-electron chi connectivity index (χ0n) is 10.8. The van der Waals surface area contributed by atoms with Crippen molar-refractivity contribution in [3.8, 4) is 0 Å². The van der Waals surface area contributed by atoms with E-state index in [2.05, 4.69) is 9.72 Å². The molecule has 1 saturated heterocycles. The maximum atomic E-state index is 11.6. The van der Waals surface area contributed by atoms with Gasteiger partial charge in [-0.25, -0.2) is 9.78 Å². The second-order valence-corrected chi connectivity index (χ2v) is 4.22. The highest BCUT2D eigenvalue weighted by atomic mass is 16.5. The number of esters is 1. The second kappa shape index (κ2) is 5.49. The Morgan fingerprint density at radius 2 is 2.28 bits per heavy atom. The van der Waals surface area contributed by atoms with Crippen molar-refractivity contribution in [3.63, 3.8) is 0 Å². The first-order chi connectivity index (χ1) is 8.67. The predicted octanol–water partition coefficient (Wildman–Crippen LogP) is 1.50. The Labute approximate surface area is 105 Å². The molecule has 0 radical (unpaired) electrons. The van der Waals surface area contributed by atoms with Gasteiger partial charge in [0.25, 0.3) is 0 Å². The molecule has 2 heterocycles. The summed E-state index contributed by atoms with van der Waals surface area (Å²) in [5, 5.41) is 0. The summed E-state index contributed by atoms with van der Waals surface area (Å²) in [4.78, 5) is 15.9. The molecule has 6 nitrogen and oxygen atoms in total. The molecule has 1 aromatic rings. The Bertz CT molecular complexity index is 428. The predicted molar refractivity (Wildman–Crippen MR) is 61.3 cm³/mol. The van der Waals surface area contributed by atoms with Gasteiger partial charge in [0.2, 0.25) is 11.7 Å². The van der Waals surface area contributed by atoms with Crippen LogP contribution < -0.4 is 0 Å². The molecule has 1 aliphatic rings. The second-order valence-electron chi connectivity index (χ2n) is 4.22.